The van der Waals surface area contributed by atoms with Crippen LogP contribution in [0.15, 0.2) is 24.5 Å². The van der Waals surface area contributed by atoms with Crippen LogP contribution in [0.3, 0.4) is 0 Å². The molecule has 2 aromatic heterocycles. The SMILES string of the molecule is [C-]#[N+]c1ccc2nc(N3CCN(C)CC3)c3nncn3c2c1. The normalized spacial score (nSPS) is 16.3. The number of nitrogens with zero attached hydrogens (tertiary/aromatic N) is 7. The average molecular weight is 293 g/mol. The predicted octanol–water partition coefficient (Wildman–Crippen LogP) is 1.58. The summed E-state index contributed by atoms with van der Waals surface area (Å²) >= 11 is 0. The zero-order valence-electron chi connectivity index (χ0n) is 12.3. The third kappa shape index (κ3) is 1.96. The van der Waals surface area contributed by atoms with Crippen molar-refractivity contribution in [2.75, 3.05) is 38.1 Å². The molecule has 0 saturated carbocycles. The second-order valence-electron chi connectivity index (χ2n) is 5.54. The number of piperazine rings is 1. The molecule has 0 aliphatic carbocycles. The van der Waals surface area contributed by atoms with E-state index in [0.717, 1.165) is 48.7 Å². The number of hydrogen-bond donors (Lipinski definition) is 0. The van der Waals surface area contributed by atoms with Gasteiger partial charge in [-0.2, -0.15) is 0 Å². The lowest BCUT2D eigenvalue weighted by Gasteiger charge is -2.33. The molecule has 4 rings (SSSR count). The van der Waals surface area contributed by atoms with E-state index in [0.29, 0.717) is 5.69 Å². The van der Waals surface area contributed by atoms with Gasteiger partial charge in [0.05, 0.1) is 17.6 Å². The van der Waals surface area contributed by atoms with Crippen LogP contribution in [0.5, 0.6) is 0 Å². The van der Waals surface area contributed by atoms with Gasteiger partial charge in [-0.1, -0.05) is 6.07 Å². The molecule has 3 aromatic rings. The molecule has 22 heavy (non-hydrogen) atoms. The fourth-order valence-electron chi connectivity index (χ4n) is 2.83. The van der Waals surface area contributed by atoms with Crippen LogP contribution in [0.25, 0.3) is 21.5 Å². The van der Waals surface area contributed by atoms with Gasteiger partial charge in [0.1, 0.15) is 6.33 Å². The van der Waals surface area contributed by atoms with E-state index in [-0.39, 0.29) is 0 Å². The first kappa shape index (κ1) is 13.0. The number of anilines is 1. The first-order valence-corrected chi connectivity index (χ1v) is 7.21. The molecule has 110 valence electrons. The van der Waals surface area contributed by atoms with Gasteiger partial charge < -0.3 is 9.80 Å². The highest BCUT2D eigenvalue weighted by atomic mass is 15.3. The Morgan fingerprint density at radius 2 is 2.00 bits per heavy atom. The fourth-order valence-corrected chi connectivity index (χ4v) is 2.83. The lowest BCUT2D eigenvalue weighted by molar-refractivity contribution is 0.312. The van der Waals surface area contributed by atoms with Gasteiger partial charge in [0.15, 0.2) is 11.5 Å². The van der Waals surface area contributed by atoms with Crippen molar-refractivity contribution in [2.45, 2.75) is 0 Å². The first-order chi connectivity index (χ1) is 10.8. The molecule has 7 heteroatoms. The summed E-state index contributed by atoms with van der Waals surface area (Å²) in [6.45, 7) is 11.0. The Labute approximate surface area is 127 Å². The molecule has 0 unspecified atom stereocenters. The van der Waals surface area contributed by atoms with Gasteiger partial charge in [-0.3, -0.25) is 4.40 Å². The van der Waals surface area contributed by atoms with Crippen LogP contribution in [-0.4, -0.2) is 57.7 Å². The zero-order valence-corrected chi connectivity index (χ0v) is 12.3. The number of rotatable bonds is 1. The number of likely N-dealkylation sites (N-methyl/N-ethyl adjacent to an activating group) is 1. The molecule has 0 spiro atoms. The maximum atomic E-state index is 7.16. The van der Waals surface area contributed by atoms with Crippen molar-refractivity contribution >= 4 is 28.2 Å². The quantitative estimate of drug-likeness (QED) is 0.638. The van der Waals surface area contributed by atoms with E-state index in [4.69, 9.17) is 11.6 Å². The monoisotopic (exact) mass is 293 g/mol. The van der Waals surface area contributed by atoms with E-state index in [1.54, 1.807) is 12.4 Å². The topological polar surface area (TPSA) is 53.9 Å². The molecule has 1 fully saturated rings. The van der Waals surface area contributed by atoms with E-state index in [2.05, 4.69) is 31.9 Å². The standard InChI is InChI=1S/C15H15N7/c1-16-11-3-4-12-13(9-11)22-10-17-19-15(22)14(18-12)21-7-5-20(2)6-8-21/h3-4,9-10H,5-8H2,2H3. The molecule has 1 saturated heterocycles. The lowest BCUT2D eigenvalue weighted by atomic mass is 10.2. The van der Waals surface area contributed by atoms with Gasteiger partial charge >= 0.3 is 0 Å². The number of aromatic nitrogens is 4. The third-order valence-corrected chi connectivity index (χ3v) is 4.12. The van der Waals surface area contributed by atoms with Gasteiger partial charge in [-0.25, -0.2) is 9.83 Å². The lowest BCUT2D eigenvalue weighted by Crippen LogP contribution is -2.45. The Balaban J connectivity index is 1.91. The third-order valence-electron chi connectivity index (χ3n) is 4.12. The zero-order chi connectivity index (χ0) is 15.1. The smallest absolute Gasteiger partial charge is 0.204 e. The van der Waals surface area contributed by atoms with Crippen molar-refractivity contribution in [1.29, 1.82) is 0 Å². The summed E-state index contributed by atoms with van der Waals surface area (Å²) in [6, 6.07) is 5.52. The van der Waals surface area contributed by atoms with E-state index in [1.165, 1.54) is 0 Å². The van der Waals surface area contributed by atoms with Crippen LogP contribution >= 0.6 is 0 Å². The van der Waals surface area contributed by atoms with Crippen molar-refractivity contribution in [1.82, 2.24) is 24.5 Å². The van der Waals surface area contributed by atoms with Crippen molar-refractivity contribution in [3.8, 4) is 0 Å². The number of hydrogen-bond acceptors (Lipinski definition) is 5. The molecular formula is C15H15N7. The van der Waals surface area contributed by atoms with Crippen LogP contribution in [0.1, 0.15) is 0 Å². The Kier molecular flexibility index (Phi) is 2.91. The van der Waals surface area contributed by atoms with Gasteiger partial charge in [-0.05, 0) is 19.2 Å². The van der Waals surface area contributed by atoms with Crippen LogP contribution in [0, 0.1) is 6.57 Å². The van der Waals surface area contributed by atoms with Crippen molar-refractivity contribution in [2.24, 2.45) is 0 Å². The molecule has 0 bridgehead atoms. The molecule has 1 aliphatic rings. The summed E-state index contributed by atoms with van der Waals surface area (Å²) in [5.74, 6) is 0.869. The highest BCUT2D eigenvalue weighted by Crippen LogP contribution is 2.26. The summed E-state index contributed by atoms with van der Waals surface area (Å²) in [5.41, 5.74) is 3.07. The maximum absolute atomic E-state index is 7.16. The first-order valence-electron chi connectivity index (χ1n) is 7.21. The van der Waals surface area contributed by atoms with Gasteiger partial charge in [-0.15, -0.1) is 10.2 Å². The minimum Gasteiger partial charge on any atom is -0.351 e. The summed E-state index contributed by atoms with van der Waals surface area (Å²) in [6.07, 6.45) is 1.69. The minimum absolute atomic E-state index is 0.594. The molecule has 0 amide bonds. The molecule has 1 aromatic carbocycles. The predicted molar refractivity (Wildman–Crippen MR) is 84.3 cm³/mol. The van der Waals surface area contributed by atoms with Crippen LogP contribution < -0.4 is 4.90 Å². The van der Waals surface area contributed by atoms with Crippen molar-refractivity contribution in [3.63, 3.8) is 0 Å². The second kappa shape index (κ2) is 4.93. The van der Waals surface area contributed by atoms with Crippen molar-refractivity contribution < 1.29 is 0 Å². The Hall–Kier alpha value is -2.72. The Bertz CT molecular complexity index is 884. The summed E-state index contributed by atoms with van der Waals surface area (Å²) in [7, 11) is 2.13. The molecule has 0 radical (unpaired) electrons. The number of benzene rings is 1. The number of fused-ring (bicyclic) bond motifs is 3. The van der Waals surface area contributed by atoms with E-state index < -0.39 is 0 Å². The van der Waals surface area contributed by atoms with E-state index in [9.17, 15) is 0 Å². The summed E-state index contributed by atoms with van der Waals surface area (Å²) < 4.78 is 1.92. The van der Waals surface area contributed by atoms with Crippen LogP contribution in [-0.2, 0) is 0 Å². The van der Waals surface area contributed by atoms with Crippen molar-refractivity contribution in [3.05, 3.63) is 35.9 Å². The highest BCUT2D eigenvalue weighted by molar-refractivity contribution is 5.85. The molecule has 0 atom stereocenters. The average Bonchev–Trinajstić information content (AvgIpc) is 3.04. The van der Waals surface area contributed by atoms with E-state index in [1.807, 2.05) is 16.5 Å². The van der Waals surface area contributed by atoms with Crippen LogP contribution in [0.4, 0.5) is 11.5 Å². The van der Waals surface area contributed by atoms with Crippen LogP contribution in [0.2, 0.25) is 0 Å². The minimum atomic E-state index is 0.594. The Morgan fingerprint density at radius 3 is 2.77 bits per heavy atom. The molecule has 1 aliphatic heterocycles. The molecule has 0 N–H and O–H groups in total. The summed E-state index contributed by atoms with van der Waals surface area (Å²) in [5, 5.41) is 8.27. The van der Waals surface area contributed by atoms with Gasteiger partial charge in [0.25, 0.3) is 0 Å². The molecular weight excluding hydrogens is 278 g/mol. The van der Waals surface area contributed by atoms with Gasteiger partial charge in [0, 0.05) is 26.2 Å². The highest BCUT2D eigenvalue weighted by Gasteiger charge is 2.20. The summed E-state index contributed by atoms with van der Waals surface area (Å²) in [4.78, 5) is 12.8. The Morgan fingerprint density at radius 1 is 1.18 bits per heavy atom. The maximum Gasteiger partial charge on any atom is 0.204 e. The fraction of sp³-hybridized carbons (Fsp3) is 0.333. The second-order valence-corrected chi connectivity index (χ2v) is 5.54. The van der Waals surface area contributed by atoms with Gasteiger partial charge in [0.2, 0.25) is 5.65 Å². The largest absolute Gasteiger partial charge is 0.351 e. The van der Waals surface area contributed by atoms with E-state index >= 15 is 0 Å². The molecule has 3 heterocycles. The molecule has 7 nitrogen and oxygen atoms in total.